The Balaban J connectivity index is 0. The molecule has 196 valence electrons. The lowest BCUT2D eigenvalue weighted by atomic mass is 10.1. The molecule has 0 atom stereocenters. The summed E-state index contributed by atoms with van der Waals surface area (Å²) in [4.78, 5) is 26.3. The smallest absolute Gasteiger partial charge is 0.320 e. The summed E-state index contributed by atoms with van der Waals surface area (Å²) in [6.07, 6.45) is 14.1. The highest BCUT2D eigenvalue weighted by molar-refractivity contribution is 8.93. The number of ether oxygens (including phenoxy) is 2. The zero-order valence-electron chi connectivity index (χ0n) is 22.6. The molecule has 0 bridgehead atoms. The topological polar surface area (TPSA) is 55.8 Å². The lowest BCUT2D eigenvalue weighted by Gasteiger charge is -2.20. The highest BCUT2D eigenvalue weighted by Gasteiger charge is 2.15. The molecule has 0 rings (SSSR count). The number of carbonyl (C=O) groups excluding carboxylic acids is 2. The van der Waals surface area contributed by atoms with Crippen molar-refractivity contribution in [2.24, 2.45) is 0 Å². The van der Waals surface area contributed by atoms with Crippen LogP contribution in [0.1, 0.15) is 87.0 Å². The van der Waals surface area contributed by atoms with Crippen molar-refractivity contribution >= 4 is 28.9 Å². The maximum atomic E-state index is 12.3. The monoisotopic (exact) mass is 541 g/mol. The Labute approximate surface area is 219 Å². The van der Waals surface area contributed by atoms with Gasteiger partial charge in [-0.1, -0.05) is 47.8 Å². The maximum Gasteiger partial charge on any atom is 0.320 e. The molecule has 0 aliphatic heterocycles. The summed E-state index contributed by atoms with van der Waals surface area (Å²) in [6.45, 7) is 15.9. The van der Waals surface area contributed by atoms with Gasteiger partial charge in [0.1, 0.15) is 13.2 Å². The zero-order valence-corrected chi connectivity index (χ0v) is 24.3. The van der Waals surface area contributed by atoms with E-state index < -0.39 is 0 Å². The predicted molar refractivity (Wildman–Crippen MR) is 148 cm³/mol. The van der Waals surface area contributed by atoms with Gasteiger partial charge in [-0.25, -0.2) is 0 Å². The number of allylic oxidation sites excluding steroid dienone is 6. The van der Waals surface area contributed by atoms with Crippen LogP contribution in [0.4, 0.5) is 0 Å². The van der Waals surface area contributed by atoms with Gasteiger partial charge in [0.25, 0.3) is 0 Å². The van der Waals surface area contributed by atoms with Crippen LogP contribution in [0, 0.1) is 0 Å². The Morgan fingerprint density at radius 1 is 0.706 bits per heavy atom. The van der Waals surface area contributed by atoms with E-state index in [2.05, 4.69) is 46.8 Å². The van der Waals surface area contributed by atoms with Gasteiger partial charge in [-0.2, -0.15) is 0 Å². The third-order valence-corrected chi connectivity index (χ3v) is 5.07. The molecule has 0 spiro atoms. The van der Waals surface area contributed by atoms with Crippen molar-refractivity contribution in [2.45, 2.75) is 87.0 Å². The molecule has 5 nitrogen and oxygen atoms in total. The summed E-state index contributed by atoms with van der Waals surface area (Å²) in [5.74, 6) is -0.635. The van der Waals surface area contributed by atoms with Crippen molar-refractivity contribution in [1.82, 2.24) is 4.90 Å². The molecule has 0 aromatic carbocycles. The largest absolute Gasteiger partial charge is 0.460 e. The third-order valence-electron chi connectivity index (χ3n) is 5.07. The van der Waals surface area contributed by atoms with E-state index >= 15 is 0 Å². The summed E-state index contributed by atoms with van der Waals surface area (Å²) in [5.41, 5.74) is 5.03. The quantitative estimate of drug-likeness (QED) is 0.144. The molecule has 0 heterocycles. The molecule has 0 aromatic rings. The third kappa shape index (κ3) is 22.1. The minimum absolute atomic E-state index is 0. The van der Waals surface area contributed by atoms with Crippen LogP contribution in [0.3, 0.4) is 0 Å². The van der Waals surface area contributed by atoms with Crippen molar-refractivity contribution in [1.29, 1.82) is 0 Å². The van der Waals surface area contributed by atoms with Crippen LogP contribution >= 0.6 is 17.0 Å². The highest BCUT2D eigenvalue weighted by Crippen LogP contribution is 2.08. The maximum absolute atomic E-state index is 12.3. The lowest BCUT2D eigenvalue weighted by Crippen LogP contribution is -2.36. The molecule has 0 unspecified atom stereocenters. The standard InChI is InChI=1S/C28H47NO4.BrH/c1-8-9-18-29(21-27(30)32-19-16-25(6)14-10-12-23(2)3)22-28(31)33-20-17-26(7)15-11-13-24(4)5;/h12-13,16-17H,8-11,14-15,18-22H2,1-7H3;1H. The fourth-order valence-corrected chi connectivity index (χ4v) is 2.99. The van der Waals surface area contributed by atoms with Gasteiger partial charge in [0, 0.05) is 0 Å². The van der Waals surface area contributed by atoms with Gasteiger partial charge in [0.05, 0.1) is 13.1 Å². The number of nitrogens with zero attached hydrogens (tertiary/aromatic N) is 1. The Morgan fingerprint density at radius 3 is 1.47 bits per heavy atom. The van der Waals surface area contributed by atoms with Crippen molar-refractivity contribution in [3.05, 3.63) is 46.6 Å². The minimum atomic E-state index is -0.317. The molecule has 6 heteroatoms. The van der Waals surface area contributed by atoms with E-state index in [-0.39, 0.29) is 55.2 Å². The highest BCUT2D eigenvalue weighted by atomic mass is 79.9. The second-order valence-corrected chi connectivity index (χ2v) is 9.17. The van der Waals surface area contributed by atoms with Gasteiger partial charge in [-0.15, -0.1) is 17.0 Å². The zero-order chi connectivity index (χ0) is 25.1. The summed E-state index contributed by atoms with van der Waals surface area (Å²) >= 11 is 0. The molecule has 0 aliphatic rings. The first kappa shape index (κ1) is 34.5. The second-order valence-electron chi connectivity index (χ2n) is 9.17. The molecular weight excluding hydrogens is 494 g/mol. The van der Waals surface area contributed by atoms with E-state index in [9.17, 15) is 9.59 Å². The number of esters is 2. The van der Waals surface area contributed by atoms with E-state index in [4.69, 9.17) is 9.47 Å². The summed E-state index contributed by atoms with van der Waals surface area (Å²) in [5, 5.41) is 0. The minimum Gasteiger partial charge on any atom is -0.460 e. The first-order valence-electron chi connectivity index (χ1n) is 12.3. The Kier molecular flexibility index (Phi) is 22.2. The van der Waals surface area contributed by atoms with Crippen molar-refractivity contribution in [3.63, 3.8) is 0 Å². The molecule has 34 heavy (non-hydrogen) atoms. The number of unbranched alkanes of at least 4 members (excludes halogenated alkanes) is 1. The molecule has 0 saturated heterocycles. The number of hydrogen-bond acceptors (Lipinski definition) is 5. The number of hydrogen-bond donors (Lipinski definition) is 0. The predicted octanol–water partition coefficient (Wildman–Crippen LogP) is 7.14. The molecule has 0 fully saturated rings. The normalized spacial score (nSPS) is 11.5. The number of carbonyl (C=O) groups is 2. The van der Waals surface area contributed by atoms with E-state index in [1.807, 2.05) is 30.9 Å². The Hall–Kier alpha value is -1.66. The van der Waals surface area contributed by atoms with Gasteiger partial charge in [0.2, 0.25) is 0 Å². The van der Waals surface area contributed by atoms with Crippen LogP contribution in [0.15, 0.2) is 46.6 Å². The van der Waals surface area contributed by atoms with Crippen LogP contribution in [0.5, 0.6) is 0 Å². The van der Waals surface area contributed by atoms with Gasteiger partial charge in [-0.3, -0.25) is 14.5 Å². The van der Waals surface area contributed by atoms with Crippen LogP contribution < -0.4 is 0 Å². The summed E-state index contributed by atoms with van der Waals surface area (Å²) in [7, 11) is 0. The van der Waals surface area contributed by atoms with E-state index in [0.717, 1.165) is 38.5 Å². The van der Waals surface area contributed by atoms with Crippen LogP contribution in [0.25, 0.3) is 0 Å². The summed E-state index contributed by atoms with van der Waals surface area (Å²) < 4.78 is 10.7. The fraction of sp³-hybridized carbons (Fsp3) is 0.643. The van der Waals surface area contributed by atoms with Crippen LogP contribution in [-0.4, -0.2) is 49.7 Å². The second kappa shape index (κ2) is 21.8. The van der Waals surface area contributed by atoms with Gasteiger partial charge in [-0.05, 0) is 92.3 Å². The molecule has 0 radical (unpaired) electrons. The van der Waals surface area contributed by atoms with Crippen molar-refractivity contribution in [3.8, 4) is 0 Å². The van der Waals surface area contributed by atoms with Crippen molar-refractivity contribution < 1.29 is 19.1 Å². The lowest BCUT2D eigenvalue weighted by molar-refractivity contribution is -0.147. The van der Waals surface area contributed by atoms with Crippen LogP contribution in [0.2, 0.25) is 0 Å². The Bertz CT molecular complexity index is 643. The average molecular weight is 543 g/mol. The number of halogens is 1. The van der Waals surface area contributed by atoms with Crippen LogP contribution in [-0.2, 0) is 19.1 Å². The first-order valence-corrected chi connectivity index (χ1v) is 12.3. The molecule has 0 aromatic heterocycles. The average Bonchev–Trinajstić information content (AvgIpc) is 2.71. The van der Waals surface area contributed by atoms with Gasteiger partial charge < -0.3 is 9.47 Å². The number of rotatable bonds is 17. The fourth-order valence-electron chi connectivity index (χ4n) is 2.99. The molecule has 0 aliphatic carbocycles. The molecular formula is C28H48BrNO4. The molecule has 0 amide bonds. The SMILES string of the molecule is Br.CCCCN(CC(=O)OCC=C(C)CCC=C(C)C)CC(=O)OCC=C(C)CCC=C(C)C. The first-order chi connectivity index (χ1) is 15.6. The van der Waals surface area contributed by atoms with Gasteiger partial charge >= 0.3 is 11.9 Å². The van der Waals surface area contributed by atoms with Gasteiger partial charge in [0.15, 0.2) is 0 Å². The Morgan fingerprint density at radius 2 is 1.12 bits per heavy atom. The molecule has 0 saturated carbocycles. The van der Waals surface area contributed by atoms with Crippen molar-refractivity contribution in [2.75, 3.05) is 32.8 Å². The van der Waals surface area contributed by atoms with E-state index in [0.29, 0.717) is 6.54 Å². The van der Waals surface area contributed by atoms with E-state index in [1.165, 1.54) is 22.3 Å². The summed E-state index contributed by atoms with van der Waals surface area (Å²) in [6, 6.07) is 0. The van der Waals surface area contributed by atoms with E-state index in [1.54, 1.807) is 0 Å². The molecule has 0 N–H and O–H groups in total.